The summed E-state index contributed by atoms with van der Waals surface area (Å²) in [6.07, 6.45) is -18.0. The lowest BCUT2D eigenvalue weighted by Gasteiger charge is -2.52. The average molecular weight is 633 g/mol. The second-order valence-corrected chi connectivity index (χ2v) is 11.8. The van der Waals surface area contributed by atoms with E-state index >= 15 is 0 Å². The van der Waals surface area contributed by atoms with Crippen molar-refractivity contribution < 1.29 is 79.9 Å². The maximum absolute atomic E-state index is 11.4. The Morgan fingerprint density at radius 3 is 1.72 bits per heavy atom. The third-order valence-electron chi connectivity index (χ3n) is 9.15. The zero-order valence-corrected chi connectivity index (χ0v) is 25.3. The van der Waals surface area contributed by atoms with E-state index in [4.69, 9.17) is 28.8 Å². The Hall–Kier alpha value is -0.640. The summed E-state index contributed by atoms with van der Waals surface area (Å²) in [5.74, 6) is -1.85. The molecule has 14 unspecified atom stereocenters. The van der Waals surface area contributed by atoms with E-state index in [1.54, 1.807) is 27.7 Å². The molecule has 16 atom stereocenters. The SMILES string of the molecule is CCC(C)(OC1OC(CO)C(O)C(O)C1O)C1C(CO)OC(OC(C)(CC)[C@@H](C)C(CO)OC(O)[C@@H](O)CO)C(O)C1O. The van der Waals surface area contributed by atoms with Crippen LogP contribution in [-0.2, 0) is 23.7 Å². The highest BCUT2D eigenvalue weighted by molar-refractivity contribution is 5.01. The van der Waals surface area contributed by atoms with Crippen LogP contribution >= 0.6 is 0 Å². The molecule has 2 saturated heterocycles. The average Bonchev–Trinajstić information content (AvgIpc) is 3.00. The molecule has 11 N–H and O–H groups in total. The minimum absolute atomic E-state index is 0.128. The van der Waals surface area contributed by atoms with E-state index in [0.717, 1.165) is 0 Å². The van der Waals surface area contributed by atoms with Gasteiger partial charge >= 0.3 is 0 Å². The van der Waals surface area contributed by atoms with Crippen molar-refractivity contribution in [3.05, 3.63) is 0 Å². The fourth-order valence-electron chi connectivity index (χ4n) is 5.62. The summed E-state index contributed by atoms with van der Waals surface area (Å²) in [5.41, 5.74) is -2.69. The molecule has 256 valence electrons. The molecule has 0 bridgehead atoms. The Kier molecular flexibility index (Phi) is 14.6. The van der Waals surface area contributed by atoms with Gasteiger partial charge in [0, 0.05) is 11.8 Å². The number of ether oxygens (including phenoxy) is 5. The third kappa shape index (κ3) is 8.40. The lowest BCUT2D eigenvalue weighted by atomic mass is 9.75. The van der Waals surface area contributed by atoms with Crippen molar-refractivity contribution in [2.45, 2.75) is 132 Å². The monoisotopic (exact) mass is 632 g/mol. The van der Waals surface area contributed by atoms with E-state index in [2.05, 4.69) is 0 Å². The lowest BCUT2D eigenvalue weighted by molar-refractivity contribution is -0.368. The first kappa shape index (κ1) is 38.5. The maximum atomic E-state index is 11.4. The Bertz CT molecular complexity index is 820. The molecule has 2 aliphatic rings. The second kappa shape index (κ2) is 16.3. The van der Waals surface area contributed by atoms with Gasteiger partial charge in [0.2, 0.25) is 0 Å². The van der Waals surface area contributed by atoms with Gasteiger partial charge in [0.05, 0.1) is 55.9 Å². The van der Waals surface area contributed by atoms with E-state index in [1.807, 2.05) is 0 Å². The second-order valence-electron chi connectivity index (χ2n) is 11.8. The van der Waals surface area contributed by atoms with Crippen molar-refractivity contribution in [2.24, 2.45) is 11.8 Å². The molecule has 0 aromatic heterocycles. The standard InChI is InChI=1S/C27H52O16/c1-6-26(4,12(3)14(9-29)39-23(38)13(32)8-28)42-24-21(36)19(34)17(15(10-30)40-24)27(5,7-2)43-25-22(37)20(35)18(33)16(11-31)41-25/h12-25,28-38H,6-11H2,1-5H3/t12-,13-,14?,15?,16?,17?,18?,19?,20?,21?,22?,23?,24?,25?,26?,27?/m0/s1. The number of hydrogen-bond acceptors (Lipinski definition) is 16. The Labute approximate surface area is 251 Å². The largest absolute Gasteiger partial charge is 0.394 e. The summed E-state index contributed by atoms with van der Waals surface area (Å²) < 4.78 is 29.0. The molecule has 0 aliphatic carbocycles. The van der Waals surface area contributed by atoms with Gasteiger partial charge in [-0.3, -0.25) is 0 Å². The minimum atomic E-state index is -1.81. The van der Waals surface area contributed by atoms with Crippen molar-refractivity contribution in [3.63, 3.8) is 0 Å². The van der Waals surface area contributed by atoms with Crippen LogP contribution in [0.4, 0.5) is 0 Å². The van der Waals surface area contributed by atoms with Crippen LogP contribution in [0.1, 0.15) is 47.5 Å². The Morgan fingerprint density at radius 1 is 0.698 bits per heavy atom. The predicted molar refractivity (Wildman–Crippen MR) is 145 cm³/mol. The van der Waals surface area contributed by atoms with E-state index in [1.165, 1.54) is 6.92 Å². The molecule has 16 heteroatoms. The van der Waals surface area contributed by atoms with Gasteiger partial charge in [0.25, 0.3) is 0 Å². The summed E-state index contributed by atoms with van der Waals surface area (Å²) in [7, 11) is 0. The minimum Gasteiger partial charge on any atom is -0.394 e. The van der Waals surface area contributed by atoms with Crippen LogP contribution in [0.15, 0.2) is 0 Å². The zero-order chi connectivity index (χ0) is 32.9. The summed E-state index contributed by atoms with van der Waals surface area (Å²) >= 11 is 0. The van der Waals surface area contributed by atoms with Gasteiger partial charge < -0.3 is 79.9 Å². The molecule has 2 aliphatic heterocycles. The van der Waals surface area contributed by atoms with E-state index in [0.29, 0.717) is 0 Å². The smallest absolute Gasteiger partial charge is 0.187 e. The van der Waals surface area contributed by atoms with E-state index in [9.17, 15) is 51.1 Å². The lowest BCUT2D eigenvalue weighted by Crippen LogP contribution is -2.66. The third-order valence-corrected chi connectivity index (χ3v) is 9.15. The first-order valence-electron chi connectivity index (χ1n) is 14.6. The molecule has 16 nitrogen and oxygen atoms in total. The number of aliphatic hydroxyl groups is 11. The highest BCUT2D eigenvalue weighted by Gasteiger charge is 2.56. The van der Waals surface area contributed by atoms with Crippen LogP contribution in [0.2, 0.25) is 0 Å². The first-order valence-corrected chi connectivity index (χ1v) is 14.6. The van der Waals surface area contributed by atoms with E-state index < -0.39 is 123 Å². The number of hydrogen-bond donors (Lipinski definition) is 11. The molecule has 43 heavy (non-hydrogen) atoms. The summed E-state index contributed by atoms with van der Waals surface area (Å²) in [5, 5.41) is 112. The molecule has 0 aromatic carbocycles. The van der Waals surface area contributed by atoms with Gasteiger partial charge in [-0.05, 0) is 26.7 Å². The van der Waals surface area contributed by atoms with Gasteiger partial charge in [-0.2, -0.15) is 0 Å². The number of aliphatic hydroxyl groups excluding tert-OH is 11. The maximum Gasteiger partial charge on any atom is 0.187 e. The normalized spacial score (nSPS) is 39.3. The quantitative estimate of drug-likeness (QED) is 0.0722. The molecule has 0 amide bonds. The summed E-state index contributed by atoms with van der Waals surface area (Å²) in [4.78, 5) is 0. The van der Waals surface area contributed by atoms with Crippen molar-refractivity contribution in [3.8, 4) is 0 Å². The Balaban J connectivity index is 2.28. The summed E-state index contributed by atoms with van der Waals surface area (Å²) in [6.45, 7) is 5.47. The van der Waals surface area contributed by atoms with E-state index in [-0.39, 0.29) is 12.8 Å². The van der Waals surface area contributed by atoms with Crippen LogP contribution in [-0.4, -0.2) is 168 Å². The topological polar surface area (TPSA) is 269 Å². The van der Waals surface area contributed by atoms with Crippen LogP contribution in [0.25, 0.3) is 0 Å². The van der Waals surface area contributed by atoms with Gasteiger partial charge in [-0.1, -0.05) is 20.8 Å². The van der Waals surface area contributed by atoms with Crippen LogP contribution in [0.3, 0.4) is 0 Å². The van der Waals surface area contributed by atoms with Crippen LogP contribution < -0.4 is 0 Å². The van der Waals surface area contributed by atoms with Gasteiger partial charge in [-0.25, -0.2) is 0 Å². The molecule has 0 spiro atoms. The molecular formula is C27H52O16. The van der Waals surface area contributed by atoms with Crippen molar-refractivity contribution in [1.29, 1.82) is 0 Å². The Morgan fingerprint density at radius 2 is 1.23 bits per heavy atom. The highest BCUT2D eigenvalue weighted by Crippen LogP contribution is 2.42. The summed E-state index contributed by atoms with van der Waals surface area (Å²) in [6, 6.07) is 0. The molecule has 2 heterocycles. The van der Waals surface area contributed by atoms with Gasteiger partial charge in [0.15, 0.2) is 18.9 Å². The van der Waals surface area contributed by atoms with Crippen LogP contribution in [0, 0.1) is 11.8 Å². The first-order chi connectivity index (χ1) is 20.1. The predicted octanol–water partition coefficient (Wildman–Crippen LogP) is -4.10. The zero-order valence-electron chi connectivity index (χ0n) is 25.3. The molecule has 0 saturated carbocycles. The fraction of sp³-hybridized carbons (Fsp3) is 1.00. The molecule has 0 aromatic rings. The number of rotatable bonds is 16. The van der Waals surface area contributed by atoms with Crippen LogP contribution in [0.5, 0.6) is 0 Å². The molecule has 2 rings (SSSR count). The molecule has 2 fully saturated rings. The fourth-order valence-corrected chi connectivity index (χ4v) is 5.62. The van der Waals surface area contributed by atoms with Crippen molar-refractivity contribution in [2.75, 3.05) is 26.4 Å². The van der Waals surface area contributed by atoms with Gasteiger partial charge in [-0.15, -0.1) is 0 Å². The molecular weight excluding hydrogens is 580 g/mol. The highest BCUT2D eigenvalue weighted by atomic mass is 16.7. The van der Waals surface area contributed by atoms with Crippen molar-refractivity contribution in [1.82, 2.24) is 0 Å². The van der Waals surface area contributed by atoms with Crippen molar-refractivity contribution >= 4 is 0 Å². The molecule has 0 radical (unpaired) electrons. The van der Waals surface area contributed by atoms with Gasteiger partial charge in [0.1, 0.15) is 36.6 Å².